The summed E-state index contributed by atoms with van der Waals surface area (Å²) in [5, 5.41) is 7.97. The molecule has 0 saturated carbocycles. The summed E-state index contributed by atoms with van der Waals surface area (Å²) >= 11 is 0. The third kappa shape index (κ3) is 6.71. The maximum atomic E-state index is 11.8. The molecule has 2 aromatic rings. The summed E-state index contributed by atoms with van der Waals surface area (Å²) < 4.78 is 0. The molecule has 0 bridgehead atoms. The van der Waals surface area contributed by atoms with Crippen molar-refractivity contribution in [2.45, 2.75) is 39.7 Å². The van der Waals surface area contributed by atoms with Crippen LogP contribution in [0.2, 0.25) is 0 Å². The number of carbonyl (C=O) groups excluding carboxylic acids is 1. The summed E-state index contributed by atoms with van der Waals surface area (Å²) in [6.45, 7) is 7.23. The van der Waals surface area contributed by atoms with Crippen molar-refractivity contribution in [2.75, 3.05) is 27.2 Å². The van der Waals surface area contributed by atoms with E-state index in [1.165, 1.54) is 22.0 Å². The van der Waals surface area contributed by atoms with Crippen LogP contribution in [0.1, 0.15) is 31.4 Å². The van der Waals surface area contributed by atoms with Crippen molar-refractivity contribution in [2.24, 2.45) is 4.99 Å². The van der Waals surface area contributed by atoms with Gasteiger partial charge in [0.1, 0.15) is 6.54 Å². The molecule has 6 nitrogen and oxygen atoms in total. The predicted molar refractivity (Wildman–Crippen MR) is 124 cm³/mol. The van der Waals surface area contributed by atoms with Crippen molar-refractivity contribution < 1.29 is 4.79 Å². The number of fused-ring (bicyclic) bond motifs is 1. The van der Waals surface area contributed by atoms with E-state index in [1.54, 1.807) is 19.0 Å². The predicted octanol–water partition coefficient (Wildman–Crippen LogP) is 3.06. The number of H-pyrrole nitrogens is 1. The van der Waals surface area contributed by atoms with Crippen molar-refractivity contribution in [1.82, 2.24) is 20.5 Å². The first-order chi connectivity index (χ1) is 12.4. The molecular weight excluding hydrogens is 453 g/mol. The number of halogens is 1. The second kappa shape index (κ2) is 11.2. The van der Waals surface area contributed by atoms with Crippen LogP contribution in [0.25, 0.3) is 10.9 Å². The number of aliphatic imine (C=N–C) groups is 1. The van der Waals surface area contributed by atoms with Gasteiger partial charge in [0.25, 0.3) is 0 Å². The van der Waals surface area contributed by atoms with Gasteiger partial charge in [0, 0.05) is 43.8 Å². The zero-order chi connectivity index (χ0) is 19.1. The SMILES string of the molecule is CCC(C)NC(=NCC(=O)N(C)C)NCCc1c[nH]c2c(C)cccc12.I. The van der Waals surface area contributed by atoms with Gasteiger partial charge in [-0.3, -0.25) is 4.79 Å². The summed E-state index contributed by atoms with van der Waals surface area (Å²) in [5.41, 5.74) is 3.73. The largest absolute Gasteiger partial charge is 0.361 e. The van der Waals surface area contributed by atoms with Gasteiger partial charge in [-0.1, -0.05) is 25.1 Å². The number of carbonyl (C=O) groups is 1. The molecule has 1 amide bonds. The van der Waals surface area contributed by atoms with E-state index in [0.717, 1.165) is 19.4 Å². The second-order valence-electron chi connectivity index (χ2n) is 6.89. The maximum absolute atomic E-state index is 11.8. The molecule has 0 saturated heterocycles. The second-order valence-corrected chi connectivity index (χ2v) is 6.89. The van der Waals surface area contributed by atoms with Gasteiger partial charge in [0.15, 0.2) is 5.96 Å². The molecule has 0 aliphatic heterocycles. The van der Waals surface area contributed by atoms with Crippen LogP contribution >= 0.6 is 24.0 Å². The number of aromatic amines is 1. The topological polar surface area (TPSA) is 72.5 Å². The number of aromatic nitrogens is 1. The molecule has 1 atom stereocenters. The number of likely N-dealkylation sites (N-methyl/N-ethyl adjacent to an activating group) is 1. The van der Waals surface area contributed by atoms with Crippen LogP contribution in [0.5, 0.6) is 0 Å². The molecule has 7 heteroatoms. The molecule has 3 N–H and O–H groups in total. The van der Waals surface area contributed by atoms with E-state index in [0.29, 0.717) is 12.0 Å². The quantitative estimate of drug-likeness (QED) is 0.321. The van der Waals surface area contributed by atoms with E-state index in [-0.39, 0.29) is 36.4 Å². The minimum absolute atomic E-state index is 0. The number of hydrogen-bond donors (Lipinski definition) is 3. The Balaban J connectivity index is 0.00000364. The van der Waals surface area contributed by atoms with E-state index >= 15 is 0 Å². The van der Waals surface area contributed by atoms with Crippen LogP contribution in [0.4, 0.5) is 0 Å². The lowest BCUT2D eigenvalue weighted by atomic mass is 10.1. The Morgan fingerprint density at radius 3 is 2.74 bits per heavy atom. The lowest BCUT2D eigenvalue weighted by molar-refractivity contribution is -0.127. The van der Waals surface area contributed by atoms with Gasteiger partial charge < -0.3 is 20.5 Å². The Hall–Kier alpha value is -1.77. The van der Waals surface area contributed by atoms with Crippen LogP contribution in [-0.4, -0.2) is 55.0 Å². The van der Waals surface area contributed by atoms with Crippen LogP contribution in [-0.2, 0) is 11.2 Å². The molecular formula is C20H32IN5O. The number of guanidine groups is 1. The average molecular weight is 485 g/mol. The molecule has 0 aliphatic rings. The van der Waals surface area contributed by atoms with E-state index in [1.807, 2.05) is 0 Å². The highest BCUT2D eigenvalue weighted by Crippen LogP contribution is 2.21. The number of rotatable bonds is 7. The minimum atomic E-state index is -0.0117. The standard InChI is InChI=1S/C20H31N5O.HI/c1-6-15(3)24-20(23-13-18(26)25(4)5)21-11-10-16-12-22-19-14(2)8-7-9-17(16)19;/h7-9,12,15,22H,6,10-11,13H2,1-5H3,(H2,21,23,24);1H. The number of benzene rings is 1. The van der Waals surface area contributed by atoms with Gasteiger partial charge in [-0.05, 0) is 37.8 Å². The Morgan fingerprint density at radius 2 is 2.07 bits per heavy atom. The zero-order valence-electron chi connectivity index (χ0n) is 16.9. The maximum Gasteiger partial charge on any atom is 0.243 e. The van der Waals surface area contributed by atoms with Crippen LogP contribution in [0.15, 0.2) is 29.4 Å². The fourth-order valence-corrected chi connectivity index (χ4v) is 2.66. The van der Waals surface area contributed by atoms with Crippen LogP contribution in [0, 0.1) is 6.92 Å². The molecule has 1 unspecified atom stereocenters. The minimum Gasteiger partial charge on any atom is -0.361 e. The molecule has 0 radical (unpaired) electrons. The Bertz CT molecular complexity index is 769. The van der Waals surface area contributed by atoms with Crippen molar-refractivity contribution in [3.63, 3.8) is 0 Å². The Kier molecular flexibility index (Phi) is 9.62. The Morgan fingerprint density at radius 1 is 1.33 bits per heavy atom. The molecule has 1 heterocycles. The molecule has 27 heavy (non-hydrogen) atoms. The lowest BCUT2D eigenvalue weighted by Crippen LogP contribution is -2.43. The normalized spacial score (nSPS) is 12.4. The monoisotopic (exact) mass is 485 g/mol. The van der Waals surface area contributed by atoms with Gasteiger partial charge in [-0.2, -0.15) is 0 Å². The van der Waals surface area contributed by atoms with E-state index < -0.39 is 0 Å². The van der Waals surface area contributed by atoms with E-state index in [4.69, 9.17) is 0 Å². The number of aryl methyl sites for hydroxylation is 1. The summed E-state index contributed by atoms with van der Waals surface area (Å²) in [5.74, 6) is 0.674. The van der Waals surface area contributed by atoms with Crippen molar-refractivity contribution in [3.05, 3.63) is 35.5 Å². The zero-order valence-corrected chi connectivity index (χ0v) is 19.3. The van der Waals surface area contributed by atoms with Gasteiger partial charge in [-0.15, -0.1) is 24.0 Å². The molecule has 0 aliphatic carbocycles. The number of para-hydroxylation sites is 1. The van der Waals surface area contributed by atoms with E-state index in [9.17, 15) is 4.79 Å². The first-order valence-electron chi connectivity index (χ1n) is 9.23. The highest BCUT2D eigenvalue weighted by molar-refractivity contribution is 14.0. The van der Waals surface area contributed by atoms with Gasteiger partial charge >= 0.3 is 0 Å². The van der Waals surface area contributed by atoms with Crippen molar-refractivity contribution in [1.29, 1.82) is 0 Å². The summed E-state index contributed by atoms with van der Waals surface area (Å²) in [6, 6.07) is 6.65. The Labute approximate surface area is 179 Å². The number of amides is 1. The molecule has 1 aromatic heterocycles. The van der Waals surface area contributed by atoms with Crippen molar-refractivity contribution in [3.8, 4) is 0 Å². The summed E-state index contributed by atoms with van der Waals surface area (Å²) in [4.78, 5) is 21.1. The number of nitrogens with one attached hydrogen (secondary N) is 3. The fourth-order valence-electron chi connectivity index (χ4n) is 2.66. The fraction of sp³-hybridized carbons (Fsp3) is 0.500. The molecule has 0 spiro atoms. The first-order valence-corrected chi connectivity index (χ1v) is 9.23. The van der Waals surface area contributed by atoms with E-state index in [2.05, 4.69) is 65.8 Å². The highest BCUT2D eigenvalue weighted by Gasteiger charge is 2.08. The average Bonchev–Trinajstić information content (AvgIpc) is 3.03. The van der Waals surface area contributed by atoms with Gasteiger partial charge in [0.05, 0.1) is 0 Å². The number of hydrogen-bond acceptors (Lipinski definition) is 2. The third-order valence-electron chi connectivity index (χ3n) is 4.56. The van der Waals surface area contributed by atoms with Crippen LogP contribution < -0.4 is 10.6 Å². The molecule has 0 fully saturated rings. The van der Waals surface area contributed by atoms with Crippen molar-refractivity contribution >= 4 is 46.7 Å². The summed E-state index contributed by atoms with van der Waals surface area (Å²) in [7, 11) is 3.48. The molecule has 2 rings (SSSR count). The third-order valence-corrected chi connectivity index (χ3v) is 4.56. The number of nitrogens with zero attached hydrogens (tertiary/aromatic N) is 2. The highest BCUT2D eigenvalue weighted by atomic mass is 127. The van der Waals surface area contributed by atoms with Gasteiger partial charge in [-0.25, -0.2) is 4.99 Å². The van der Waals surface area contributed by atoms with Crippen LogP contribution in [0.3, 0.4) is 0 Å². The van der Waals surface area contributed by atoms with Gasteiger partial charge in [0.2, 0.25) is 5.91 Å². The first kappa shape index (κ1) is 23.3. The molecule has 1 aromatic carbocycles. The molecule has 150 valence electrons. The smallest absolute Gasteiger partial charge is 0.243 e. The summed E-state index contributed by atoms with van der Waals surface area (Å²) in [6.07, 6.45) is 3.95. The lowest BCUT2D eigenvalue weighted by Gasteiger charge is -2.17.